The summed E-state index contributed by atoms with van der Waals surface area (Å²) in [5.74, 6) is -2.03. The highest BCUT2D eigenvalue weighted by Gasteiger charge is 2.53. The molecule has 0 spiro atoms. The molecule has 3 rings (SSSR count). The van der Waals surface area contributed by atoms with Gasteiger partial charge in [-0.05, 0) is 19.4 Å². The van der Waals surface area contributed by atoms with Gasteiger partial charge in [-0.3, -0.25) is 14.6 Å². The molecule has 2 aliphatic rings. The highest BCUT2D eigenvalue weighted by atomic mass is 32.2. The fourth-order valence-electron chi connectivity index (χ4n) is 2.70. The lowest BCUT2D eigenvalue weighted by Crippen LogP contribution is -2.33. The monoisotopic (exact) mass is 352 g/mol. The summed E-state index contributed by atoms with van der Waals surface area (Å²) < 4.78 is 36.1. The van der Waals surface area contributed by atoms with E-state index in [0.717, 1.165) is 11.2 Å². The molecule has 1 aromatic rings. The second kappa shape index (κ2) is 5.59. The smallest absolute Gasteiger partial charge is 0.308 e. The summed E-state index contributed by atoms with van der Waals surface area (Å²) in [7, 11) is -3.60. The highest BCUT2D eigenvalue weighted by Crippen LogP contribution is 2.41. The van der Waals surface area contributed by atoms with Crippen LogP contribution >= 0.6 is 0 Å². The van der Waals surface area contributed by atoms with Crippen LogP contribution in [-0.4, -0.2) is 41.8 Å². The van der Waals surface area contributed by atoms with Crippen molar-refractivity contribution in [3.8, 4) is 0 Å². The first-order valence-corrected chi connectivity index (χ1v) is 8.94. The fraction of sp³-hybridized carbons (Fsp3) is 0.400. The Bertz CT molecular complexity index is 833. The number of rotatable bonds is 3. The maximum atomic E-state index is 12.8. The molecular weight excluding hydrogens is 336 g/mol. The molecule has 1 fully saturated rings. The van der Waals surface area contributed by atoms with Crippen molar-refractivity contribution >= 4 is 21.8 Å². The lowest BCUT2D eigenvalue weighted by molar-refractivity contribution is -0.142. The van der Waals surface area contributed by atoms with Crippen LogP contribution in [0, 0.1) is 0 Å². The van der Waals surface area contributed by atoms with Gasteiger partial charge in [0.15, 0.2) is 0 Å². The Morgan fingerprint density at radius 1 is 1.46 bits per heavy atom. The summed E-state index contributed by atoms with van der Waals surface area (Å²) in [4.78, 5) is 28.2. The first-order valence-electron chi connectivity index (χ1n) is 7.33. The molecule has 128 valence electrons. The highest BCUT2D eigenvalue weighted by molar-refractivity contribution is 7.89. The Kier molecular flexibility index (Phi) is 3.83. The average Bonchev–Trinajstić information content (AvgIpc) is 3.00. The van der Waals surface area contributed by atoms with Gasteiger partial charge in [-0.1, -0.05) is 6.07 Å². The summed E-state index contributed by atoms with van der Waals surface area (Å²) in [5.41, 5.74) is -1.07. The van der Waals surface area contributed by atoms with Crippen molar-refractivity contribution in [2.24, 2.45) is 0 Å². The molecule has 3 heterocycles. The van der Waals surface area contributed by atoms with Crippen LogP contribution in [0.15, 0.2) is 36.2 Å². The Labute approximate surface area is 139 Å². The predicted molar refractivity (Wildman–Crippen MR) is 81.6 cm³/mol. The molecule has 0 saturated carbocycles. The molecule has 9 heteroatoms. The van der Waals surface area contributed by atoms with E-state index in [1.165, 1.54) is 13.1 Å². The van der Waals surface area contributed by atoms with Crippen LogP contribution < -0.4 is 0 Å². The zero-order chi connectivity index (χ0) is 17.5. The van der Waals surface area contributed by atoms with Crippen LogP contribution in [0.25, 0.3) is 0 Å². The number of hydrogen-bond acceptors (Lipinski definition) is 7. The van der Waals surface area contributed by atoms with E-state index >= 15 is 0 Å². The van der Waals surface area contributed by atoms with Gasteiger partial charge >= 0.3 is 5.97 Å². The average molecular weight is 352 g/mol. The second-order valence-electron chi connectivity index (χ2n) is 5.68. The maximum absolute atomic E-state index is 12.8. The van der Waals surface area contributed by atoms with E-state index in [0.29, 0.717) is 12.0 Å². The van der Waals surface area contributed by atoms with Gasteiger partial charge in [-0.15, -0.1) is 0 Å². The van der Waals surface area contributed by atoms with Gasteiger partial charge in [0.2, 0.25) is 21.4 Å². The molecule has 0 radical (unpaired) electrons. The van der Waals surface area contributed by atoms with Crippen molar-refractivity contribution in [2.75, 3.05) is 12.3 Å². The number of ether oxygens (including phenoxy) is 2. The van der Waals surface area contributed by atoms with Crippen LogP contribution in [0.4, 0.5) is 0 Å². The van der Waals surface area contributed by atoms with Crippen molar-refractivity contribution in [1.29, 1.82) is 0 Å². The minimum Gasteiger partial charge on any atom is -0.456 e. The number of aromatic nitrogens is 1. The Morgan fingerprint density at radius 3 is 2.75 bits per heavy atom. The number of esters is 1. The Hall–Kier alpha value is -2.42. The van der Waals surface area contributed by atoms with Gasteiger partial charge in [0.05, 0.1) is 5.75 Å². The first kappa shape index (κ1) is 16.4. The molecule has 0 bridgehead atoms. The summed E-state index contributed by atoms with van der Waals surface area (Å²) in [5, 5.41) is 0. The number of nitrogens with zero attached hydrogens (tertiary/aromatic N) is 2. The zero-order valence-corrected chi connectivity index (χ0v) is 14.0. The number of pyridine rings is 1. The van der Waals surface area contributed by atoms with Crippen LogP contribution in [0.3, 0.4) is 0 Å². The number of sulfonamides is 1. The summed E-state index contributed by atoms with van der Waals surface area (Å²) in [6, 6.07) is 3.27. The van der Waals surface area contributed by atoms with Gasteiger partial charge in [0.25, 0.3) is 11.7 Å². The Balaban J connectivity index is 2.08. The van der Waals surface area contributed by atoms with Gasteiger partial charge in [0.1, 0.15) is 0 Å². The number of ketones is 1. The number of Topliss-reactive ketones (excluding diaryl/α,β-unsaturated/α-hetero) is 1. The summed E-state index contributed by atoms with van der Waals surface area (Å²) >= 11 is 0. The van der Waals surface area contributed by atoms with Gasteiger partial charge in [0, 0.05) is 31.4 Å². The molecule has 1 saturated heterocycles. The lowest BCUT2D eigenvalue weighted by atomic mass is 9.93. The predicted octanol–water partition coefficient (Wildman–Crippen LogP) is 0.664. The van der Waals surface area contributed by atoms with Gasteiger partial charge in [-0.25, -0.2) is 12.7 Å². The van der Waals surface area contributed by atoms with E-state index in [1.807, 2.05) is 0 Å². The first-order chi connectivity index (χ1) is 11.3. The number of hydrogen-bond donors (Lipinski definition) is 0. The van der Waals surface area contributed by atoms with Crippen LogP contribution in [-0.2, 0) is 34.7 Å². The molecule has 0 N–H and O–H groups in total. The van der Waals surface area contributed by atoms with E-state index in [9.17, 15) is 18.0 Å². The standard InChI is InChI=1S/C15H16N2O6S/c1-10(18)22-12-13(19)15(2,11-5-3-6-16-9-11)23-14(12)17-7-4-8-24(17,20)21/h3,5-6,9H,4,7-8H2,1-2H3. The molecule has 1 unspecified atom stereocenters. The quantitative estimate of drug-likeness (QED) is 0.736. The van der Waals surface area contributed by atoms with Crippen molar-refractivity contribution < 1.29 is 27.5 Å². The normalized spacial score (nSPS) is 25.8. The minimum absolute atomic E-state index is 0.0506. The Morgan fingerprint density at radius 2 is 2.21 bits per heavy atom. The van der Waals surface area contributed by atoms with Gasteiger partial charge in [-0.2, -0.15) is 0 Å². The molecule has 0 aromatic carbocycles. The van der Waals surface area contributed by atoms with Crippen LogP contribution in [0.1, 0.15) is 25.8 Å². The summed E-state index contributed by atoms with van der Waals surface area (Å²) in [6.07, 6.45) is 3.39. The molecule has 8 nitrogen and oxygen atoms in total. The molecule has 1 aromatic heterocycles. The molecule has 24 heavy (non-hydrogen) atoms. The molecular formula is C15H16N2O6S. The molecule has 2 aliphatic heterocycles. The van der Waals surface area contributed by atoms with E-state index in [2.05, 4.69) is 4.98 Å². The van der Waals surface area contributed by atoms with E-state index < -0.39 is 27.4 Å². The fourth-order valence-corrected chi connectivity index (χ4v) is 4.19. The van der Waals surface area contributed by atoms with E-state index in [4.69, 9.17) is 9.47 Å². The third kappa shape index (κ3) is 2.54. The van der Waals surface area contributed by atoms with E-state index in [-0.39, 0.29) is 23.9 Å². The van der Waals surface area contributed by atoms with Crippen molar-refractivity contribution in [3.63, 3.8) is 0 Å². The van der Waals surface area contributed by atoms with E-state index in [1.54, 1.807) is 18.3 Å². The minimum atomic E-state index is -3.60. The van der Waals surface area contributed by atoms with Crippen molar-refractivity contribution in [1.82, 2.24) is 9.29 Å². The van der Waals surface area contributed by atoms with Crippen LogP contribution in [0.2, 0.25) is 0 Å². The van der Waals surface area contributed by atoms with Crippen molar-refractivity contribution in [2.45, 2.75) is 25.9 Å². The molecule has 0 aliphatic carbocycles. The molecule has 1 atom stereocenters. The summed E-state index contributed by atoms with van der Waals surface area (Å²) in [6.45, 7) is 2.79. The number of carbonyl (C=O) groups excluding carboxylic acids is 2. The largest absolute Gasteiger partial charge is 0.456 e. The van der Waals surface area contributed by atoms with Gasteiger partial charge < -0.3 is 9.47 Å². The number of carbonyl (C=O) groups is 2. The topological polar surface area (TPSA) is 103 Å². The SMILES string of the molecule is CC(=O)OC1=C(N2CCCS2(=O)=O)OC(C)(c2cccnc2)C1=O. The zero-order valence-electron chi connectivity index (χ0n) is 13.2. The third-order valence-electron chi connectivity index (χ3n) is 3.92. The molecule has 0 amide bonds. The van der Waals surface area contributed by atoms with Crippen LogP contribution in [0.5, 0.6) is 0 Å². The third-order valence-corrected chi connectivity index (χ3v) is 5.74. The van der Waals surface area contributed by atoms with Crippen molar-refractivity contribution in [3.05, 3.63) is 41.7 Å². The maximum Gasteiger partial charge on any atom is 0.308 e. The lowest BCUT2D eigenvalue weighted by Gasteiger charge is -2.25. The second-order valence-corrected chi connectivity index (χ2v) is 7.69.